The highest BCUT2D eigenvalue weighted by Gasteiger charge is 2.12. The molecule has 106 valence electrons. The van der Waals surface area contributed by atoms with Crippen molar-refractivity contribution in [1.29, 1.82) is 0 Å². The van der Waals surface area contributed by atoms with E-state index >= 15 is 0 Å². The van der Waals surface area contributed by atoms with E-state index in [1.54, 1.807) is 32.5 Å². The van der Waals surface area contributed by atoms with Gasteiger partial charge >= 0.3 is 0 Å². The smallest absolute Gasteiger partial charge is 0.135 e. The molecule has 5 nitrogen and oxygen atoms in total. The second-order valence-electron chi connectivity index (χ2n) is 3.85. The van der Waals surface area contributed by atoms with E-state index < -0.39 is 0 Å². The van der Waals surface area contributed by atoms with Crippen LogP contribution in [0.25, 0.3) is 0 Å². The molecule has 1 rings (SSSR count). The molecule has 0 unspecified atom stereocenters. The van der Waals surface area contributed by atoms with Crippen molar-refractivity contribution in [2.75, 3.05) is 27.4 Å². The van der Waals surface area contributed by atoms with Gasteiger partial charge in [0.2, 0.25) is 0 Å². The number of amidine groups is 1. The molecule has 0 aromatic heterocycles. The monoisotopic (exact) mass is 273 g/mol. The molecule has 0 heterocycles. The maximum Gasteiger partial charge on any atom is 0.135 e. The van der Waals surface area contributed by atoms with Gasteiger partial charge in [-0.25, -0.2) is 0 Å². The van der Waals surface area contributed by atoms with Gasteiger partial charge in [-0.1, -0.05) is 5.92 Å². The van der Waals surface area contributed by atoms with Crippen molar-refractivity contribution in [3.05, 3.63) is 23.3 Å². The first-order chi connectivity index (χ1) is 9.67. The molecule has 5 heteroatoms. The Morgan fingerprint density at radius 1 is 1.45 bits per heavy atom. The minimum absolute atomic E-state index is 0.380. The minimum atomic E-state index is 0.380. The van der Waals surface area contributed by atoms with Crippen LogP contribution in [0.1, 0.15) is 18.1 Å². The summed E-state index contributed by atoms with van der Waals surface area (Å²) in [6.07, 6.45) is 7.18. The largest absolute Gasteiger partial charge is 0.490 e. The summed E-state index contributed by atoms with van der Waals surface area (Å²) >= 11 is 0. The summed E-state index contributed by atoms with van der Waals surface area (Å²) in [5, 5.41) is 0. The van der Waals surface area contributed by atoms with Crippen LogP contribution >= 0.6 is 0 Å². The minimum Gasteiger partial charge on any atom is -0.490 e. The summed E-state index contributed by atoms with van der Waals surface area (Å²) in [5.74, 6) is 3.54. The van der Waals surface area contributed by atoms with Crippen molar-refractivity contribution in [3.63, 3.8) is 0 Å². The first-order valence-corrected chi connectivity index (χ1v) is 6.15. The standard InChI is InChI=1S/C15H19N3O2/c1-5-11-9-13(18-6-2)12(15(16)17-3)10-14(11)20-8-7-19-4/h1,6,9-10H,7-8H2,2-4H3,(H2,16,17). The molecule has 0 aliphatic rings. The fourth-order valence-corrected chi connectivity index (χ4v) is 1.61. The molecule has 2 N–H and O–H groups in total. The first kappa shape index (κ1) is 15.7. The van der Waals surface area contributed by atoms with Crippen molar-refractivity contribution < 1.29 is 9.47 Å². The number of nitrogens with two attached hydrogens (primary N) is 1. The molecule has 1 aromatic carbocycles. The van der Waals surface area contributed by atoms with E-state index in [2.05, 4.69) is 15.9 Å². The van der Waals surface area contributed by atoms with Gasteiger partial charge in [0.05, 0.1) is 17.9 Å². The number of ether oxygens (including phenoxy) is 2. The quantitative estimate of drug-likeness (QED) is 0.371. The summed E-state index contributed by atoms with van der Waals surface area (Å²) in [6.45, 7) is 2.71. The Kier molecular flexibility index (Phi) is 6.27. The van der Waals surface area contributed by atoms with Gasteiger partial charge in [0, 0.05) is 25.9 Å². The number of benzene rings is 1. The summed E-state index contributed by atoms with van der Waals surface area (Å²) in [6, 6.07) is 3.52. The second kappa shape index (κ2) is 7.97. The summed E-state index contributed by atoms with van der Waals surface area (Å²) in [7, 11) is 3.23. The molecule has 0 fully saturated rings. The van der Waals surface area contributed by atoms with Crippen molar-refractivity contribution in [2.45, 2.75) is 6.92 Å². The number of hydrogen-bond donors (Lipinski definition) is 1. The molecule has 0 saturated heterocycles. The molecule has 0 amide bonds. The number of terminal acetylenes is 1. The molecular formula is C15H19N3O2. The molecule has 1 aromatic rings. The zero-order chi connectivity index (χ0) is 15.0. The Balaban J connectivity index is 3.27. The van der Waals surface area contributed by atoms with E-state index in [4.69, 9.17) is 21.6 Å². The van der Waals surface area contributed by atoms with E-state index in [1.165, 1.54) is 0 Å². The maximum atomic E-state index is 5.88. The van der Waals surface area contributed by atoms with Gasteiger partial charge in [-0.3, -0.25) is 9.98 Å². The van der Waals surface area contributed by atoms with E-state index in [-0.39, 0.29) is 0 Å². The summed E-state index contributed by atoms with van der Waals surface area (Å²) < 4.78 is 10.6. The SMILES string of the molecule is C#Cc1cc(N=CC)c(C(N)=NC)cc1OCCOC. The Morgan fingerprint density at radius 2 is 2.20 bits per heavy atom. The van der Waals surface area contributed by atoms with Crippen molar-refractivity contribution >= 4 is 17.7 Å². The number of nitrogens with zero attached hydrogens (tertiary/aromatic N) is 2. The number of rotatable bonds is 6. The lowest BCUT2D eigenvalue weighted by Crippen LogP contribution is -2.14. The molecule has 0 bridgehead atoms. The molecule has 0 saturated carbocycles. The van der Waals surface area contributed by atoms with Crippen LogP contribution < -0.4 is 10.5 Å². The molecule has 0 aliphatic heterocycles. The first-order valence-electron chi connectivity index (χ1n) is 6.15. The van der Waals surface area contributed by atoms with Crippen LogP contribution in [0.15, 0.2) is 22.1 Å². The van der Waals surface area contributed by atoms with Crippen LogP contribution in [0.3, 0.4) is 0 Å². The number of aliphatic imine (C=N–C) groups is 2. The lowest BCUT2D eigenvalue weighted by Gasteiger charge is -2.12. The van der Waals surface area contributed by atoms with Crippen LogP contribution in [0.4, 0.5) is 5.69 Å². The lowest BCUT2D eigenvalue weighted by atomic mass is 10.1. The molecule has 0 aliphatic carbocycles. The van der Waals surface area contributed by atoms with Gasteiger partial charge in [-0.05, 0) is 19.1 Å². The van der Waals surface area contributed by atoms with Crippen LogP contribution in [0, 0.1) is 12.3 Å². The average molecular weight is 273 g/mol. The Labute approximate surface area is 119 Å². The highest BCUT2D eigenvalue weighted by molar-refractivity contribution is 6.03. The summed E-state index contributed by atoms with van der Waals surface area (Å²) in [4.78, 5) is 8.24. The van der Waals surface area contributed by atoms with Crippen molar-refractivity contribution in [3.8, 4) is 18.1 Å². The molecule has 0 atom stereocenters. The normalized spacial score (nSPS) is 11.6. The van der Waals surface area contributed by atoms with Gasteiger partial charge in [0.15, 0.2) is 0 Å². The van der Waals surface area contributed by atoms with Crippen molar-refractivity contribution in [2.24, 2.45) is 15.7 Å². The van der Waals surface area contributed by atoms with Crippen LogP contribution in [0.5, 0.6) is 5.75 Å². The average Bonchev–Trinajstić information content (AvgIpc) is 2.47. The third-order valence-corrected chi connectivity index (χ3v) is 2.58. The van der Waals surface area contributed by atoms with E-state index in [0.717, 1.165) is 0 Å². The molecule has 20 heavy (non-hydrogen) atoms. The fourth-order valence-electron chi connectivity index (χ4n) is 1.61. The Hall–Kier alpha value is -2.32. The van der Waals surface area contributed by atoms with Gasteiger partial charge in [0.25, 0.3) is 0 Å². The van der Waals surface area contributed by atoms with Gasteiger partial charge in [-0.2, -0.15) is 0 Å². The number of hydrogen-bond acceptors (Lipinski definition) is 4. The third-order valence-electron chi connectivity index (χ3n) is 2.58. The molecule has 0 radical (unpaired) electrons. The Morgan fingerprint density at radius 3 is 2.75 bits per heavy atom. The zero-order valence-corrected chi connectivity index (χ0v) is 12.0. The van der Waals surface area contributed by atoms with Gasteiger partial charge in [-0.15, -0.1) is 6.42 Å². The fraction of sp³-hybridized carbons (Fsp3) is 0.333. The van der Waals surface area contributed by atoms with Crippen molar-refractivity contribution in [1.82, 2.24) is 0 Å². The number of methoxy groups -OCH3 is 1. The third kappa shape index (κ3) is 3.84. The highest BCUT2D eigenvalue weighted by Crippen LogP contribution is 2.28. The van der Waals surface area contributed by atoms with Crippen LogP contribution in [-0.2, 0) is 4.74 Å². The van der Waals surface area contributed by atoms with Gasteiger partial charge < -0.3 is 15.2 Å². The predicted octanol–water partition coefficient (Wildman–Crippen LogP) is 1.75. The maximum absolute atomic E-state index is 5.88. The van der Waals surface area contributed by atoms with Crippen LogP contribution in [0.2, 0.25) is 0 Å². The van der Waals surface area contributed by atoms with E-state index in [9.17, 15) is 0 Å². The topological polar surface area (TPSA) is 69.2 Å². The second-order valence-corrected chi connectivity index (χ2v) is 3.85. The van der Waals surface area contributed by atoms with E-state index in [1.807, 2.05) is 6.92 Å². The van der Waals surface area contributed by atoms with E-state index in [0.29, 0.717) is 41.6 Å². The lowest BCUT2D eigenvalue weighted by molar-refractivity contribution is 0.146. The summed E-state index contributed by atoms with van der Waals surface area (Å²) in [5.41, 5.74) is 7.87. The molecular weight excluding hydrogens is 254 g/mol. The predicted molar refractivity (Wildman–Crippen MR) is 82.2 cm³/mol. The zero-order valence-electron chi connectivity index (χ0n) is 12.0. The van der Waals surface area contributed by atoms with Gasteiger partial charge in [0.1, 0.15) is 18.2 Å². The molecule has 0 spiro atoms. The Bertz CT molecular complexity index is 557. The highest BCUT2D eigenvalue weighted by atomic mass is 16.5. The van der Waals surface area contributed by atoms with Crippen LogP contribution in [-0.4, -0.2) is 39.4 Å².